The zero-order valence-electron chi connectivity index (χ0n) is 28.2. The van der Waals surface area contributed by atoms with Crippen LogP contribution in [0.25, 0.3) is 10.4 Å². The number of carboxylic acid groups (broad SMARTS) is 1. The molecule has 2 amide bonds. The Morgan fingerprint density at radius 3 is 2.23 bits per heavy atom. The minimum atomic E-state index is -3.16. The summed E-state index contributed by atoms with van der Waals surface area (Å²) in [5.41, 5.74) is 8.49. The number of carbonyl (C=O) groups excluding carboxylic acids is 2. The molecular formula is C28H46FN5O19. The fourth-order valence-electron chi connectivity index (χ4n) is 6.04. The van der Waals surface area contributed by atoms with Crippen LogP contribution >= 0.6 is 0 Å². The number of aliphatic carboxylic acids is 1. The van der Waals surface area contributed by atoms with E-state index in [1.807, 2.05) is 0 Å². The van der Waals surface area contributed by atoms with Gasteiger partial charge in [0.15, 0.2) is 12.6 Å². The van der Waals surface area contributed by atoms with E-state index >= 15 is 0 Å². The maximum Gasteiger partial charge on any atom is 0.364 e. The lowest BCUT2D eigenvalue weighted by Gasteiger charge is -2.51. The van der Waals surface area contributed by atoms with Crippen molar-refractivity contribution in [2.24, 2.45) is 5.11 Å². The zero-order chi connectivity index (χ0) is 39.6. The van der Waals surface area contributed by atoms with E-state index in [4.69, 9.17) is 34.0 Å². The first-order valence-electron chi connectivity index (χ1n) is 16.3. The number of hydrogen-bond donors (Lipinski definition) is 12. The number of ether oxygens (including phenoxy) is 6. The van der Waals surface area contributed by atoms with Crippen LogP contribution in [-0.2, 0) is 42.8 Å². The highest BCUT2D eigenvalue weighted by Crippen LogP contribution is 2.38. The van der Waals surface area contributed by atoms with Gasteiger partial charge >= 0.3 is 5.97 Å². The molecule has 25 heteroatoms. The van der Waals surface area contributed by atoms with E-state index in [9.17, 15) is 69.8 Å². The average Bonchev–Trinajstić information content (AvgIpc) is 3.12. The average molecular weight is 776 g/mol. The fourth-order valence-corrected chi connectivity index (χ4v) is 6.04. The normalized spacial score (nSPS) is 38.6. The lowest BCUT2D eigenvalue weighted by Crippen LogP contribution is -2.71. The van der Waals surface area contributed by atoms with Crippen molar-refractivity contribution in [2.75, 3.05) is 39.6 Å². The van der Waals surface area contributed by atoms with Crippen molar-refractivity contribution in [3.05, 3.63) is 10.4 Å². The Bertz CT molecular complexity index is 1270. The van der Waals surface area contributed by atoms with E-state index in [-0.39, 0.29) is 19.6 Å². The van der Waals surface area contributed by atoms with Crippen LogP contribution < -0.4 is 10.6 Å². The van der Waals surface area contributed by atoms with E-state index in [1.165, 1.54) is 0 Å². The van der Waals surface area contributed by atoms with Gasteiger partial charge in [-0.3, -0.25) is 9.59 Å². The summed E-state index contributed by atoms with van der Waals surface area (Å²) in [7, 11) is 0. The van der Waals surface area contributed by atoms with Crippen LogP contribution in [0.2, 0.25) is 0 Å². The highest BCUT2D eigenvalue weighted by molar-refractivity contribution is 5.78. The Hall–Kier alpha value is -2.95. The van der Waals surface area contributed by atoms with Gasteiger partial charge in [0.2, 0.25) is 11.8 Å². The van der Waals surface area contributed by atoms with Crippen LogP contribution in [0, 0.1) is 0 Å². The molecule has 16 atom stereocenters. The largest absolute Gasteiger partial charge is 0.477 e. The van der Waals surface area contributed by atoms with Gasteiger partial charge in [-0.25, -0.2) is 9.18 Å². The summed E-state index contributed by atoms with van der Waals surface area (Å²) in [5.74, 6) is -7.06. The topological polar surface area (TPSA) is 382 Å². The lowest BCUT2D eigenvalue weighted by molar-refractivity contribution is -0.380. The van der Waals surface area contributed by atoms with Crippen LogP contribution in [0.4, 0.5) is 4.39 Å². The number of amides is 2. The first-order chi connectivity index (χ1) is 25.1. The predicted molar refractivity (Wildman–Crippen MR) is 164 cm³/mol. The van der Waals surface area contributed by atoms with Crippen molar-refractivity contribution in [1.82, 2.24) is 10.6 Å². The van der Waals surface area contributed by atoms with Crippen molar-refractivity contribution in [3.63, 3.8) is 0 Å². The molecule has 0 aromatic heterocycles. The molecular weight excluding hydrogens is 729 g/mol. The number of rotatable bonds is 18. The number of alkyl halides is 1. The SMILES string of the molecule is CC(=O)N[C@H]1[C@@H](OCCCN=[N+]=[N-])O[C@H](CO)[C@H](O)[C@@H]1O[C@@H]1O[C@H](CF)[C@H](O)[C@H](O[C@]2(C(=O)O)C[C@H](O)[C@@H](NC(=O)CO)[C@H]([C@H](O)[C@H](O)CO)O2)[C@H]1O. The fraction of sp³-hybridized carbons (Fsp3) is 0.893. The van der Waals surface area contributed by atoms with Crippen LogP contribution in [0.1, 0.15) is 19.8 Å². The number of nitrogens with zero attached hydrogens (tertiary/aromatic N) is 3. The van der Waals surface area contributed by atoms with Crippen molar-refractivity contribution in [3.8, 4) is 0 Å². The van der Waals surface area contributed by atoms with Crippen molar-refractivity contribution in [2.45, 2.75) is 117 Å². The minimum Gasteiger partial charge on any atom is -0.477 e. The van der Waals surface area contributed by atoms with Crippen LogP contribution in [-0.4, -0.2) is 206 Å². The second-order valence-electron chi connectivity index (χ2n) is 12.4. The number of nitrogens with one attached hydrogen (secondary N) is 2. The summed E-state index contributed by atoms with van der Waals surface area (Å²) < 4.78 is 47.9. The first-order valence-corrected chi connectivity index (χ1v) is 16.3. The standard InChI is InChI=1S/C28H46FN5O19/c1-10(38)32-17-22(20(44)14(8-36)50-25(17)48-4-2-3-31-34-30)51-26-21(45)24(19(43)13(6-29)49-26)53-28(27(46)47)5-11(39)16(33-15(41)9-37)23(52-28)18(42)12(40)7-35/h11-14,16-26,35-37,39-40,42-45H,2-9H2,1H3,(H,32,38)(H,33,41)(H,46,47)/t11-,12+,13+,14+,16+,17+,18+,19-,20-,21+,22+,23+,24-,25-,26-,28-/m0/s1. The quantitative estimate of drug-likeness (QED) is 0.0266. The van der Waals surface area contributed by atoms with Gasteiger partial charge in [-0.2, -0.15) is 0 Å². The van der Waals surface area contributed by atoms with Gasteiger partial charge in [0, 0.05) is 31.4 Å². The Labute approximate surface area is 299 Å². The smallest absolute Gasteiger partial charge is 0.364 e. The third kappa shape index (κ3) is 10.6. The molecule has 0 radical (unpaired) electrons. The summed E-state index contributed by atoms with van der Waals surface area (Å²) >= 11 is 0. The molecule has 12 N–H and O–H groups in total. The molecule has 53 heavy (non-hydrogen) atoms. The molecule has 304 valence electrons. The number of azide groups is 1. The maximum absolute atomic E-state index is 14.3. The summed E-state index contributed by atoms with van der Waals surface area (Å²) in [5, 5.41) is 112. The zero-order valence-corrected chi connectivity index (χ0v) is 28.2. The Balaban J connectivity index is 1.98. The van der Waals surface area contributed by atoms with Gasteiger partial charge in [-0.05, 0) is 12.0 Å². The summed E-state index contributed by atoms with van der Waals surface area (Å²) in [6.07, 6.45) is -26.7. The summed E-state index contributed by atoms with van der Waals surface area (Å²) in [6, 6.07) is -3.18. The van der Waals surface area contributed by atoms with Gasteiger partial charge in [0.1, 0.15) is 80.4 Å². The number of aliphatic hydroxyl groups excluding tert-OH is 9. The Kier molecular flexibility index (Phi) is 16.9. The van der Waals surface area contributed by atoms with E-state index in [1.54, 1.807) is 0 Å². The summed E-state index contributed by atoms with van der Waals surface area (Å²) in [4.78, 5) is 39.5. The van der Waals surface area contributed by atoms with Gasteiger partial charge < -0.3 is 90.1 Å². The molecule has 3 heterocycles. The van der Waals surface area contributed by atoms with E-state index < -0.39 is 148 Å². The molecule has 24 nitrogen and oxygen atoms in total. The molecule has 0 aliphatic carbocycles. The van der Waals surface area contributed by atoms with Gasteiger partial charge in [0.05, 0.1) is 25.4 Å². The second-order valence-corrected chi connectivity index (χ2v) is 12.4. The molecule has 3 fully saturated rings. The van der Waals surface area contributed by atoms with Crippen molar-refractivity contribution >= 4 is 17.8 Å². The maximum atomic E-state index is 14.3. The number of hydrogen-bond acceptors (Lipinski definition) is 19. The Morgan fingerprint density at radius 1 is 1.00 bits per heavy atom. The van der Waals surface area contributed by atoms with Crippen LogP contribution in [0.15, 0.2) is 5.11 Å². The lowest BCUT2D eigenvalue weighted by atomic mass is 9.88. The first kappa shape index (κ1) is 44.4. The highest BCUT2D eigenvalue weighted by atomic mass is 19.1. The molecule has 0 aromatic rings. The Morgan fingerprint density at radius 2 is 1.66 bits per heavy atom. The van der Waals surface area contributed by atoms with E-state index in [0.29, 0.717) is 0 Å². The number of aliphatic hydroxyl groups is 9. The molecule has 0 bridgehead atoms. The molecule has 3 saturated heterocycles. The number of halogens is 1. The predicted octanol–water partition coefficient (Wildman–Crippen LogP) is -6.41. The van der Waals surface area contributed by atoms with Crippen molar-refractivity contribution in [1.29, 1.82) is 0 Å². The molecule has 0 unspecified atom stereocenters. The minimum absolute atomic E-state index is 0.00863. The number of carboxylic acids is 1. The third-order valence-electron chi connectivity index (χ3n) is 8.67. The molecule has 3 aliphatic heterocycles. The van der Waals surface area contributed by atoms with E-state index in [0.717, 1.165) is 6.92 Å². The molecule has 0 spiro atoms. The second kappa shape index (κ2) is 20.1. The summed E-state index contributed by atoms with van der Waals surface area (Å²) in [6.45, 7) is -3.64. The number of carbonyl (C=O) groups is 3. The third-order valence-corrected chi connectivity index (χ3v) is 8.67. The molecule has 0 saturated carbocycles. The van der Waals surface area contributed by atoms with Crippen LogP contribution in [0.5, 0.6) is 0 Å². The molecule has 3 rings (SSSR count). The monoisotopic (exact) mass is 775 g/mol. The molecule has 0 aromatic carbocycles. The van der Waals surface area contributed by atoms with E-state index in [2.05, 4.69) is 20.7 Å². The van der Waals surface area contributed by atoms with Gasteiger partial charge in [0.25, 0.3) is 5.79 Å². The van der Waals surface area contributed by atoms with Crippen molar-refractivity contribution < 1.29 is 98.3 Å². The van der Waals surface area contributed by atoms with Gasteiger partial charge in [-0.15, -0.1) is 0 Å². The highest BCUT2D eigenvalue weighted by Gasteiger charge is 2.60. The molecule has 3 aliphatic rings. The van der Waals surface area contributed by atoms with Crippen LogP contribution in [0.3, 0.4) is 0 Å². The van der Waals surface area contributed by atoms with Gasteiger partial charge in [-0.1, -0.05) is 5.11 Å².